The Morgan fingerprint density at radius 3 is 2.86 bits per heavy atom. The number of aryl methyl sites for hydroxylation is 1. The first kappa shape index (κ1) is 19.6. The van der Waals surface area contributed by atoms with Gasteiger partial charge in [0.15, 0.2) is 0 Å². The Balaban J connectivity index is 1.61. The Bertz CT molecular complexity index is 994. The molecule has 29 heavy (non-hydrogen) atoms. The van der Waals surface area contributed by atoms with Gasteiger partial charge in [-0.3, -0.25) is 0 Å². The lowest BCUT2D eigenvalue weighted by atomic mass is 10.0. The molecule has 2 aromatic carbocycles. The summed E-state index contributed by atoms with van der Waals surface area (Å²) in [6.07, 6.45) is 3.44. The lowest BCUT2D eigenvalue weighted by molar-refractivity contribution is 0.241. The van der Waals surface area contributed by atoms with E-state index in [1.807, 2.05) is 39.0 Å². The van der Waals surface area contributed by atoms with Crippen LogP contribution in [0, 0.1) is 6.92 Å². The maximum atomic E-state index is 5.83. The van der Waals surface area contributed by atoms with Crippen LogP contribution in [0.15, 0.2) is 40.9 Å². The summed E-state index contributed by atoms with van der Waals surface area (Å²) < 4.78 is 11.4. The Hall–Kier alpha value is -2.66. The highest BCUT2D eigenvalue weighted by Gasteiger charge is 2.26. The molecule has 0 spiro atoms. The molecule has 0 aliphatic heterocycles. The number of benzene rings is 2. The van der Waals surface area contributed by atoms with Gasteiger partial charge in [-0.25, -0.2) is 0 Å². The van der Waals surface area contributed by atoms with Gasteiger partial charge in [-0.1, -0.05) is 30.3 Å². The number of nitrogens with one attached hydrogen (secondary N) is 1. The molecule has 1 aliphatic rings. The summed E-state index contributed by atoms with van der Waals surface area (Å²) in [6, 6.07) is 12.8. The molecule has 3 aromatic rings. The molecule has 5 heteroatoms. The van der Waals surface area contributed by atoms with E-state index in [2.05, 4.69) is 35.6 Å². The van der Waals surface area contributed by atoms with E-state index < -0.39 is 0 Å². The summed E-state index contributed by atoms with van der Waals surface area (Å²) in [7, 11) is 0. The second-order valence-corrected chi connectivity index (χ2v) is 7.99. The van der Waals surface area contributed by atoms with E-state index in [0.29, 0.717) is 17.8 Å². The second-order valence-electron chi connectivity index (χ2n) is 7.99. The number of hydrogen-bond donors (Lipinski definition) is 1. The van der Waals surface area contributed by atoms with Crippen molar-refractivity contribution in [1.29, 1.82) is 0 Å². The van der Waals surface area contributed by atoms with Crippen LogP contribution in [-0.4, -0.2) is 22.8 Å². The highest BCUT2D eigenvalue weighted by Crippen LogP contribution is 2.37. The van der Waals surface area contributed by atoms with Gasteiger partial charge >= 0.3 is 0 Å². The van der Waals surface area contributed by atoms with E-state index in [1.54, 1.807) is 0 Å². The van der Waals surface area contributed by atoms with Gasteiger partial charge in [0.05, 0.1) is 6.10 Å². The average molecular weight is 392 g/mol. The van der Waals surface area contributed by atoms with Crippen LogP contribution in [0.25, 0.3) is 22.8 Å². The lowest BCUT2D eigenvalue weighted by Crippen LogP contribution is -2.19. The van der Waals surface area contributed by atoms with Crippen molar-refractivity contribution in [3.05, 3.63) is 53.1 Å². The van der Waals surface area contributed by atoms with E-state index in [0.717, 1.165) is 48.2 Å². The molecule has 0 amide bonds. The van der Waals surface area contributed by atoms with Crippen LogP contribution < -0.4 is 10.1 Å². The van der Waals surface area contributed by atoms with Crippen LogP contribution in [-0.2, 0) is 6.42 Å². The largest absolute Gasteiger partial charge is 0.491 e. The summed E-state index contributed by atoms with van der Waals surface area (Å²) in [4.78, 5) is 4.71. The third-order valence-corrected chi connectivity index (χ3v) is 5.36. The first-order valence-electron chi connectivity index (χ1n) is 10.5. The van der Waals surface area contributed by atoms with E-state index in [4.69, 9.17) is 14.2 Å². The van der Waals surface area contributed by atoms with E-state index in [-0.39, 0.29) is 6.10 Å². The van der Waals surface area contributed by atoms with Gasteiger partial charge in [0.25, 0.3) is 5.89 Å². The van der Waals surface area contributed by atoms with Crippen molar-refractivity contribution >= 4 is 0 Å². The molecule has 1 aromatic heterocycles. The molecule has 0 saturated carbocycles. The van der Waals surface area contributed by atoms with Crippen molar-refractivity contribution in [2.24, 2.45) is 0 Å². The minimum absolute atomic E-state index is 0.144. The Morgan fingerprint density at radius 1 is 1.24 bits per heavy atom. The molecule has 0 radical (unpaired) electrons. The molecule has 0 bridgehead atoms. The number of aromatic nitrogens is 2. The first-order valence-corrected chi connectivity index (χ1v) is 10.5. The molecule has 0 fully saturated rings. The maximum Gasteiger partial charge on any atom is 0.258 e. The standard InChI is InChI=1S/C24H29N3O2/c1-5-13-25-21-11-10-18-19(21)7-6-8-20(18)23-26-24(29-27-23)17-9-12-22(16(4)14-17)28-15(2)3/h6-9,12,14-15,21,25H,5,10-11,13H2,1-4H3. The Labute approximate surface area is 172 Å². The quantitative estimate of drug-likeness (QED) is 0.577. The number of ether oxygens (including phenoxy) is 1. The molecule has 1 N–H and O–H groups in total. The zero-order valence-electron chi connectivity index (χ0n) is 17.7. The molecule has 1 atom stereocenters. The third kappa shape index (κ3) is 4.06. The van der Waals surface area contributed by atoms with Gasteiger partial charge in [-0.15, -0.1) is 0 Å². The predicted octanol–water partition coefficient (Wildman–Crippen LogP) is 5.49. The topological polar surface area (TPSA) is 60.2 Å². The highest BCUT2D eigenvalue weighted by atomic mass is 16.5. The number of fused-ring (bicyclic) bond motifs is 1. The lowest BCUT2D eigenvalue weighted by Gasteiger charge is -2.13. The van der Waals surface area contributed by atoms with E-state index >= 15 is 0 Å². The van der Waals surface area contributed by atoms with Crippen molar-refractivity contribution in [1.82, 2.24) is 15.5 Å². The summed E-state index contributed by atoms with van der Waals surface area (Å²) in [5, 5.41) is 7.94. The summed E-state index contributed by atoms with van der Waals surface area (Å²) in [5.41, 5.74) is 5.75. The van der Waals surface area contributed by atoms with Crippen molar-refractivity contribution < 1.29 is 9.26 Å². The smallest absolute Gasteiger partial charge is 0.258 e. The van der Waals surface area contributed by atoms with Crippen LogP contribution in [0.5, 0.6) is 5.75 Å². The zero-order chi connectivity index (χ0) is 20.4. The minimum Gasteiger partial charge on any atom is -0.491 e. The van der Waals surface area contributed by atoms with Crippen molar-refractivity contribution in [2.75, 3.05) is 6.54 Å². The van der Waals surface area contributed by atoms with Crippen molar-refractivity contribution in [2.45, 2.75) is 59.1 Å². The fourth-order valence-electron chi connectivity index (χ4n) is 4.01. The fourth-order valence-corrected chi connectivity index (χ4v) is 4.01. The summed E-state index contributed by atoms with van der Waals surface area (Å²) >= 11 is 0. The van der Waals surface area contributed by atoms with E-state index in [1.165, 1.54) is 11.1 Å². The number of rotatable bonds is 7. The molecule has 1 heterocycles. The van der Waals surface area contributed by atoms with Crippen LogP contribution in [0.2, 0.25) is 0 Å². The molecular weight excluding hydrogens is 362 g/mol. The SMILES string of the molecule is CCCNC1CCc2c(-c3noc(-c4ccc(OC(C)C)c(C)c4)n3)cccc21. The predicted molar refractivity (Wildman–Crippen MR) is 115 cm³/mol. The van der Waals surface area contributed by atoms with Crippen LogP contribution in [0.3, 0.4) is 0 Å². The van der Waals surface area contributed by atoms with Crippen LogP contribution >= 0.6 is 0 Å². The maximum absolute atomic E-state index is 5.83. The van der Waals surface area contributed by atoms with Gasteiger partial charge in [0, 0.05) is 17.2 Å². The fraction of sp³-hybridized carbons (Fsp3) is 0.417. The molecule has 0 saturated heterocycles. The molecule has 1 aliphatic carbocycles. The molecule has 4 rings (SSSR count). The summed E-state index contributed by atoms with van der Waals surface area (Å²) in [5.74, 6) is 2.08. The monoisotopic (exact) mass is 391 g/mol. The van der Waals surface area contributed by atoms with Gasteiger partial charge in [0.1, 0.15) is 5.75 Å². The molecule has 152 valence electrons. The zero-order valence-corrected chi connectivity index (χ0v) is 17.7. The van der Waals surface area contributed by atoms with Crippen molar-refractivity contribution in [3.63, 3.8) is 0 Å². The van der Waals surface area contributed by atoms with Crippen LogP contribution in [0.4, 0.5) is 0 Å². The van der Waals surface area contributed by atoms with Crippen LogP contribution in [0.1, 0.15) is 56.3 Å². The highest BCUT2D eigenvalue weighted by molar-refractivity contribution is 5.66. The van der Waals surface area contributed by atoms with Gasteiger partial charge < -0.3 is 14.6 Å². The number of hydrogen-bond acceptors (Lipinski definition) is 5. The summed E-state index contributed by atoms with van der Waals surface area (Å²) in [6.45, 7) is 9.32. The van der Waals surface area contributed by atoms with Gasteiger partial charge in [-0.05, 0) is 81.5 Å². The first-order chi connectivity index (χ1) is 14.1. The van der Waals surface area contributed by atoms with Crippen molar-refractivity contribution in [3.8, 4) is 28.6 Å². The molecule has 5 nitrogen and oxygen atoms in total. The Morgan fingerprint density at radius 2 is 2.10 bits per heavy atom. The molecule has 1 unspecified atom stereocenters. The number of nitrogens with zero attached hydrogens (tertiary/aromatic N) is 2. The minimum atomic E-state index is 0.144. The molecular formula is C24H29N3O2. The van der Waals surface area contributed by atoms with E-state index in [9.17, 15) is 0 Å². The average Bonchev–Trinajstić information content (AvgIpc) is 3.35. The van der Waals surface area contributed by atoms with Gasteiger partial charge in [-0.2, -0.15) is 4.98 Å². The normalized spacial score (nSPS) is 15.7. The third-order valence-electron chi connectivity index (χ3n) is 5.36. The Kier molecular flexibility index (Phi) is 5.67. The second kappa shape index (κ2) is 8.37. The van der Waals surface area contributed by atoms with Gasteiger partial charge in [0.2, 0.25) is 5.82 Å².